The van der Waals surface area contributed by atoms with E-state index in [1.165, 1.54) is 11.8 Å². The highest BCUT2D eigenvalue weighted by atomic mass is 79.9. The number of thiocarbonyl (C=S) groups is 1. The summed E-state index contributed by atoms with van der Waals surface area (Å²) < 4.78 is 6.81. The van der Waals surface area contributed by atoms with Gasteiger partial charge in [-0.1, -0.05) is 39.9 Å². The van der Waals surface area contributed by atoms with Gasteiger partial charge < -0.3 is 14.7 Å². The van der Waals surface area contributed by atoms with Gasteiger partial charge in [0.2, 0.25) is 0 Å². The first kappa shape index (κ1) is 17.7. The maximum absolute atomic E-state index is 12.5. The molecule has 1 aliphatic heterocycles. The van der Waals surface area contributed by atoms with Crippen LogP contribution in [0.4, 0.5) is 0 Å². The molecule has 1 N–H and O–H groups in total. The van der Waals surface area contributed by atoms with Crippen LogP contribution in [0.5, 0.6) is 5.75 Å². The highest BCUT2D eigenvalue weighted by Crippen LogP contribution is 2.29. The van der Waals surface area contributed by atoms with Crippen LogP contribution in [0, 0.1) is 6.92 Å². The first-order chi connectivity index (χ1) is 10.4. The highest BCUT2D eigenvalue weighted by Gasteiger charge is 2.24. The largest absolute Gasteiger partial charge is 0.507 e. The number of nitrogens with zero attached hydrogens (tertiary/aromatic N) is 1. The fourth-order valence-electron chi connectivity index (χ4n) is 2.11. The van der Waals surface area contributed by atoms with Crippen LogP contribution < -0.4 is 0 Å². The molecular formula is C15H18BrNO3S2. The standard InChI is InChI=1S/C15H18BrNO3S2/c1-9-7-13(18)11(8-12(9)16)14(19)10(2)22-15(21)17-3-5-20-6-4-17/h7-8,10,18H,3-6H2,1-2H3/t10-/m1/s1. The molecule has 0 spiro atoms. The minimum atomic E-state index is -0.351. The summed E-state index contributed by atoms with van der Waals surface area (Å²) in [6.45, 7) is 6.52. The Morgan fingerprint density at radius 1 is 1.45 bits per heavy atom. The number of morpholine rings is 1. The summed E-state index contributed by atoms with van der Waals surface area (Å²) in [7, 11) is 0. The molecule has 1 saturated heterocycles. The molecular weight excluding hydrogens is 386 g/mol. The molecule has 0 bridgehead atoms. The topological polar surface area (TPSA) is 49.8 Å². The molecule has 0 saturated carbocycles. The van der Waals surface area contributed by atoms with E-state index in [0.717, 1.165) is 23.1 Å². The summed E-state index contributed by atoms with van der Waals surface area (Å²) >= 11 is 10.2. The lowest BCUT2D eigenvalue weighted by Gasteiger charge is -2.29. The Morgan fingerprint density at radius 2 is 2.09 bits per heavy atom. The van der Waals surface area contributed by atoms with Gasteiger partial charge in [0.05, 0.1) is 24.0 Å². The van der Waals surface area contributed by atoms with Gasteiger partial charge in [-0.2, -0.15) is 0 Å². The minimum Gasteiger partial charge on any atom is -0.507 e. The fourth-order valence-corrected chi connectivity index (χ4v) is 3.93. The van der Waals surface area contributed by atoms with Crippen LogP contribution >= 0.6 is 39.9 Å². The number of rotatable bonds is 3. The average molecular weight is 404 g/mol. The third-order valence-corrected chi connectivity index (χ3v) is 5.89. The van der Waals surface area contributed by atoms with Gasteiger partial charge in [0.15, 0.2) is 5.78 Å². The fraction of sp³-hybridized carbons (Fsp3) is 0.467. The Labute approximate surface area is 148 Å². The smallest absolute Gasteiger partial charge is 0.179 e. The first-order valence-corrected chi connectivity index (χ1v) is 9.05. The van der Waals surface area contributed by atoms with E-state index in [4.69, 9.17) is 17.0 Å². The summed E-state index contributed by atoms with van der Waals surface area (Å²) in [5, 5.41) is 9.66. The Bertz CT molecular complexity index is 588. The number of benzene rings is 1. The third kappa shape index (κ3) is 4.22. The molecule has 0 aliphatic carbocycles. The van der Waals surface area contributed by atoms with Crippen molar-refractivity contribution in [3.8, 4) is 5.75 Å². The van der Waals surface area contributed by atoms with Crippen LogP contribution in [-0.2, 0) is 4.74 Å². The number of ketones is 1. The van der Waals surface area contributed by atoms with E-state index in [9.17, 15) is 9.90 Å². The molecule has 1 aliphatic rings. The predicted molar refractivity (Wildman–Crippen MR) is 96.9 cm³/mol. The normalized spacial score (nSPS) is 16.4. The van der Waals surface area contributed by atoms with E-state index in [-0.39, 0.29) is 16.8 Å². The predicted octanol–water partition coefficient (Wildman–Crippen LogP) is 3.38. The molecule has 1 fully saturated rings. The first-order valence-electron chi connectivity index (χ1n) is 6.96. The van der Waals surface area contributed by atoms with Crippen molar-refractivity contribution in [1.82, 2.24) is 4.90 Å². The molecule has 0 aromatic heterocycles. The molecule has 0 amide bonds. The molecule has 1 aromatic rings. The summed E-state index contributed by atoms with van der Waals surface area (Å²) in [6, 6.07) is 3.26. The minimum absolute atomic E-state index is 0.00967. The molecule has 4 nitrogen and oxygen atoms in total. The van der Waals surface area contributed by atoms with E-state index in [1.54, 1.807) is 12.1 Å². The SMILES string of the molecule is Cc1cc(O)c(C(=O)[C@@H](C)SC(=S)N2CCOCC2)cc1Br. The molecule has 2 rings (SSSR count). The van der Waals surface area contributed by atoms with Crippen LogP contribution in [0.15, 0.2) is 16.6 Å². The van der Waals surface area contributed by atoms with Crippen LogP contribution in [0.25, 0.3) is 0 Å². The maximum atomic E-state index is 12.5. The van der Waals surface area contributed by atoms with Crippen molar-refractivity contribution in [1.29, 1.82) is 0 Å². The number of aromatic hydroxyl groups is 1. The number of hydrogen-bond acceptors (Lipinski definition) is 5. The van der Waals surface area contributed by atoms with Crippen molar-refractivity contribution >= 4 is 50.0 Å². The maximum Gasteiger partial charge on any atom is 0.179 e. The monoisotopic (exact) mass is 403 g/mol. The number of Topliss-reactive ketones (excluding diaryl/α,β-unsaturated/α-hetero) is 1. The number of phenolic OH excluding ortho intramolecular Hbond substituents is 1. The second kappa shape index (κ2) is 7.77. The molecule has 0 unspecified atom stereocenters. The number of aryl methyl sites for hydroxylation is 1. The van der Waals surface area contributed by atoms with E-state index < -0.39 is 0 Å². The van der Waals surface area contributed by atoms with E-state index >= 15 is 0 Å². The van der Waals surface area contributed by atoms with Crippen LogP contribution in [0.2, 0.25) is 0 Å². The van der Waals surface area contributed by atoms with E-state index in [0.29, 0.717) is 23.1 Å². The second-order valence-corrected chi connectivity index (χ2v) is 7.94. The summed E-state index contributed by atoms with van der Waals surface area (Å²) in [5.74, 6) is -0.116. The van der Waals surface area contributed by atoms with Gasteiger partial charge in [-0.3, -0.25) is 4.79 Å². The van der Waals surface area contributed by atoms with Crippen molar-refractivity contribution < 1.29 is 14.6 Å². The summed E-state index contributed by atoms with van der Waals surface area (Å²) in [6.07, 6.45) is 0. The molecule has 7 heteroatoms. The molecule has 22 heavy (non-hydrogen) atoms. The van der Waals surface area contributed by atoms with Crippen LogP contribution in [0.3, 0.4) is 0 Å². The number of phenols is 1. The number of hydrogen-bond donors (Lipinski definition) is 1. The summed E-state index contributed by atoms with van der Waals surface area (Å²) in [5.41, 5.74) is 1.21. The van der Waals surface area contributed by atoms with Gasteiger partial charge in [-0.15, -0.1) is 0 Å². The quantitative estimate of drug-likeness (QED) is 0.616. The number of thioether (sulfide) groups is 1. The zero-order chi connectivity index (χ0) is 16.3. The Hall–Kier alpha value is -0.630. The second-order valence-electron chi connectivity index (χ2n) is 5.11. The molecule has 1 aromatic carbocycles. The average Bonchev–Trinajstić information content (AvgIpc) is 2.51. The lowest BCUT2D eigenvalue weighted by molar-refractivity contribution is 0.0702. The van der Waals surface area contributed by atoms with Gasteiger partial charge in [-0.25, -0.2) is 0 Å². The lowest BCUT2D eigenvalue weighted by atomic mass is 10.1. The van der Waals surface area contributed by atoms with Crippen LogP contribution in [0.1, 0.15) is 22.8 Å². The summed E-state index contributed by atoms with van der Waals surface area (Å²) in [4.78, 5) is 14.6. The number of halogens is 1. The highest BCUT2D eigenvalue weighted by molar-refractivity contribution is 9.10. The third-order valence-electron chi connectivity index (χ3n) is 3.46. The molecule has 1 heterocycles. The van der Waals surface area contributed by atoms with Crippen molar-refractivity contribution in [3.63, 3.8) is 0 Å². The number of ether oxygens (including phenoxy) is 1. The zero-order valence-electron chi connectivity index (χ0n) is 12.5. The van der Waals surface area contributed by atoms with E-state index in [2.05, 4.69) is 20.8 Å². The Morgan fingerprint density at radius 3 is 2.73 bits per heavy atom. The van der Waals surface area contributed by atoms with Gasteiger partial charge >= 0.3 is 0 Å². The molecule has 120 valence electrons. The van der Waals surface area contributed by atoms with Gasteiger partial charge in [-0.05, 0) is 31.5 Å². The van der Waals surface area contributed by atoms with Crippen LogP contribution in [-0.4, -0.2) is 51.7 Å². The van der Waals surface area contributed by atoms with E-state index in [1.807, 2.05) is 13.8 Å². The number of carbonyl (C=O) groups excluding carboxylic acids is 1. The number of carbonyl (C=O) groups is 1. The Kier molecular flexibility index (Phi) is 6.26. The zero-order valence-corrected chi connectivity index (χ0v) is 15.7. The van der Waals surface area contributed by atoms with Crippen molar-refractivity contribution in [2.45, 2.75) is 19.1 Å². The molecule has 1 atom stereocenters. The van der Waals surface area contributed by atoms with Gasteiger partial charge in [0.25, 0.3) is 0 Å². The van der Waals surface area contributed by atoms with Crippen molar-refractivity contribution in [2.75, 3.05) is 26.3 Å². The lowest BCUT2D eigenvalue weighted by Crippen LogP contribution is -2.39. The van der Waals surface area contributed by atoms with Gasteiger partial charge in [0.1, 0.15) is 10.1 Å². The van der Waals surface area contributed by atoms with Crippen molar-refractivity contribution in [3.05, 3.63) is 27.7 Å². The van der Waals surface area contributed by atoms with Gasteiger partial charge in [0, 0.05) is 17.6 Å². The molecule has 0 radical (unpaired) electrons. The Balaban J connectivity index is 2.05. The van der Waals surface area contributed by atoms with Crippen molar-refractivity contribution in [2.24, 2.45) is 0 Å².